The molecule has 1 aliphatic rings. The van der Waals surface area contributed by atoms with Crippen LogP contribution in [0.25, 0.3) is 0 Å². The largest absolute Gasteiger partial charge is 0.497 e. The summed E-state index contributed by atoms with van der Waals surface area (Å²) in [6.45, 7) is 13.9. The van der Waals surface area contributed by atoms with E-state index in [1.54, 1.807) is 25.2 Å². The minimum Gasteiger partial charge on any atom is -0.497 e. The summed E-state index contributed by atoms with van der Waals surface area (Å²) >= 11 is 0. The summed E-state index contributed by atoms with van der Waals surface area (Å²) in [5, 5.41) is 0. The van der Waals surface area contributed by atoms with Crippen LogP contribution in [0.3, 0.4) is 0 Å². The Morgan fingerprint density at radius 3 is 2.07 bits per heavy atom. The molecular formula is C33H49NO9Si. The van der Waals surface area contributed by atoms with Crippen molar-refractivity contribution in [1.82, 2.24) is 4.90 Å². The second-order valence-electron chi connectivity index (χ2n) is 13.2. The highest BCUT2D eigenvalue weighted by Crippen LogP contribution is 2.38. The van der Waals surface area contributed by atoms with Gasteiger partial charge in [-0.15, -0.1) is 0 Å². The molecular weight excluding hydrogens is 582 g/mol. The van der Waals surface area contributed by atoms with E-state index in [2.05, 4.69) is 19.6 Å². The van der Waals surface area contributed by atoms with Crippen LogP contribution in [0.1, 0.15) is 44.2 Å². The third-order valence-electron chi connectivity index (χ3n) is 7.22. The topological polar surface area (TPSA) is 102 Å². The van der Waals surface area contributed by atoms with Crippen LogP contribution in [0.4, 0.5) is 4.79 Å². The summed E-state index contributed by atoms with van der Waals surface area (Å²) in [5.41, 5.74) is 1.07. The zero-order valence-electron chi connectivity index (χ0n) is 27.7. The molecule has 2 aromatic carbocycles. The third-order valence-corrected chi connectivity index (χ3v) is 8.93. The molecule has 1 amide bonds. The van der Waals surface area contributed by atoms with Crippen molar-refractivity contribution in [2.24, 2.45) is 5.92 Å². The van der Waals surface area contributed by atoms with E-state index in [0.29, 0.717) is 42.6 Å². The molecule has 0 N–H and O–H groups in total. The van der Waals surface area contributed by atoms with Gasteiger partial charge in [-0.25, -0.2) is 4.79 Å². The number of benzene rings is 2. The maximum Gasteiger partial charge on any atom is 0.410 e. The van der Waals surface area contributed by atoms with Crippen LogP contribution in [-0.2, 0) is 25.6 Å². The molecule has 2 aromatic rings. The highest BCUT2D eigenvalue weighted by molar-refractivity contribution is 6.76. The average molecular weight is 632 g/mol. The van der Waals surface area contributed by atoms with E-state index in [0.717, 1.165) is 17.2 Å². The number of amides is 1. The van der Waals surface area contributed by atoms with Gasteiger partial charge in [0, 0.05) is 45.8 Å². The fourth-order valence-electron chi connectivity index (χ4n) is 4.87. The molecule has 1 fully saturated rings. The van der Waals surface area contributed by atoms with Crippen LogP contribution < -0.4 is 18.9 Å². The zero-order chi connectivity index (χ0) is 32.5. The van der Waals surface area contributed by atoms with E-state index < -0.39 is 31.7 Å². The third kappa shape index (κ3) is 10.9. The molecule has 1 aliphatic heterocycles. The number of likely N-dealkylation sites (tertiary alicyclic amines) is 1. The summed E-state index contributed by atoms with van der Waals surface area (Å²) in [6, 6.07) is 12.2. The first kappa shape index (κ1) is 35.0. The minimum absolute atomic E-state index is 0.0952. The second-order valence-corrected chi connectivity index (χ2v) is 18.8. The van der Waals surface area contributed by atoms with Gasteiger partial charge in [-0.2, -0.15) is 0 Å². The summed E-state index contributed by atoms with van der Waals surface area (Å²) < 4.78 is 39.6. The molecule has 11 heteroatoms. The lowest BCUT2D eigenvalue weighted by Gasteiger charge is -2.38. The number of hydrogen-bond donors (Lipinski definition) is 0. The van der Waals surface area contributed by atoms with Crippen molar-refractivity contribution >= 4 is 20.1 Å². The van der Waals surface area contributed by atoms with Crippen LogP contribution in [0.2, 0.25) is 25.7 Å². The Kier molecular flexibility index (Phi) is 12.4. The van der Waals surface area contributed by atoms with E-state index in [9.17, 15) is 9.59 Å². The van der Waals surface area contributed by atoms with Gasteiger partial charge in [-0.05, 0) is 68.6 Å². The Hall–Kier alpha value is -3.44. The van der Waals surface area contributed by atoms with Gasteiger partial charge in [0.1, 0.15) is 35.2 Å². The first-order chi connectivity index (χ1) is 20.7. The number of rotatable bonds is 13. The van der Waals surface area contributed by atoms with Gasteiger partial charge in [-0.3, -0.25) is 4.79 Å². The number of methoxy groups -OCH3 is 3. The van der Waals surface area contributed by atoms with Crippen molar-refractivity contribution in [3.8, 4) is 23.0 Å². The number of esters is 1. The Balaban J connectivity index is 1.86. The van der Waals surface area contributed by atoms with E-state index in [1.165, 1.54) is 7.11 Å². The second kappa shape index (κ2) is 15.5. The summed E-state index contributed by atoms with van der Waals surface area (Å²) in [6.07, 6.45) is 0.0805. The summed E-state index contributed by atoms with van der Waals surface area (Å²) in [4.78, 5) is 27.4. The lowest BCUT2D eigenvalue weighted by Crippen LogP contribution is -2.47. The number of carbonyl (C=O) groups excluding carboxylic acids is 2. The van der Waals surface area contributed by atoms with Crippen LogP contribution in [0.5, 0.6) is 23.0 Å². The SMILES string of the molecule is COC(=O)C1CN(C(=O)OC(C)(C)C)CC[C@@H]1c1cc(OCOCC[Si](C)(C)C)cc(OCc2cc(OC)cc(OC)c2)c1. The Bertz CT molecular complexity index is 1230. The van der Waals surface area contributed by atoms with Crippen LogP contribution in [0.15, 0.2) is 36.4 Å². The Morgan fingerprint density at radius 2 is 1.50 bits per heavy atom. The van der Waals surface area contributed by atoms with E-state index in [-0.39, 0.29) is 25.9 Å². The predicted octanol–water partition coefficient (Wildman–Crippen LogP) is 6.49. The Morgan fingerprint density at radius 1 is 0.886 bits per heavy atom. The van der Waals surface area contributed by atoms with Gasteiger partial charge in [0.05, 0.1) is 27.2 Å². The summed E-state index contributed by atoms with van der Waals surface area (Å²) in [7, 11) is 3.33. The molecule has 0 aliphatic carbocycles. The lowest BCUT2D eigenvalue weighted by atomic mass is 9.80. The van der Waals surface area contributed by atoms with Gasteiger partial charge in [0.15, 0.2) is 6.79 Å². The normalized spacial score (nSPS) is 17.1. The van der Waals surface area contributed by atoms with Crippen molar-refractivity contribution < 1.29 is 42.7 Å². The molecule has 3 rings (SSSR count). The highest BCUT2D eigenvalue weighted by atomic mass is 28.3. The molecule has 1 saturated heterocycles. The number of carbonyl (C=O) groups is 2. The fraction of sp³-hybridized carbons (Fsp3) is 0.576. The fourth-order valence-corrected chi connectivity index (χ4v) is 5.63. The first-order valence-corrected chi connectivity index (χ1v) is 18.7. The number of piperidine rings is 1. The summed E-state index contributed by atoms with van der Waals surface area (Å²) in [5.74, 6) is 1.22. The standard InChI is InChI=1S/C33H49NO9Si/c1-33(2,3)43-32(36)34-11-10-29(30(20-34)31(35)39-6)24-16-27(19-28(17-24)42-22-40-12-13-44(7,8)9)41-21-23-14-25(37-4)18-26(15-23)38-5/h14-19,29-30H,10-13,20-22H2,1-9H3/t29-,30?/m1/s1. The maximum absolute atomic E-state index is 13.0. The smallest absolute Gasteiger partial charge is 0.410 e. The van der Waals surface area contributed by atoms with Gasteiger partial charge in [0.25, 0.3) is 0 Å². The lowest BCUT2D eigenvalue weighted by molar-refractivity contribution is -0.148. The molecule has 0 spiro atoms. The number of ether oxygens (including phenoxy) is 7. The monoisotopic (exact) mass is 631 g/mol. The van der Waals surface area contributed by atoms with Gasteiger partial charge < -0.3 is 38.1 Å². The zero-order valence-corrected chi connectivity index (χ0v) is 28.7. The molecule has 0 radical (unpaired) electrons. The van der Waals surface area contributed by atoms with E-state index in [1.807, 2.05) is 51.1 Å². The molecule has 44 heavy (non-hydrogen) atoms. The Labute approximate surface area is 262 Å². The van der Waals surface area contributed by atoms with Crippen LogP contribution >= 0.6 is 0 Å². The van der Waals surface area contributed by atoms with Crippen molar-refractivity contribution in [2.75, 3.05) is 47.8 Å². The van der Waals surface area contributed by atoms with E-state index >= 15 is 0 Å². The molecule has 1 unspecified atom stereocenters. The van der Waals surface area contributed by atoms with Gasteiger partial charge in [0.2, 0.25) is 0 Å². The molecule has 0 aromatic heterocycles. The van der Waals surface area contributed by atoms with Gasteiger partial charge >= 0.3 is 12.1 Å². The molecule has 244 valence electrons. The molecule has 1 heterocycles. The minimum atomic E-state index is -1.23. The van der Waals surface area contributed by atoms with Crippen LogP contribution in [-0.4, -0.2) is 78.5 Å². The maximum atomic E-state index is 13.0. The number of hydrogen-bond acceptors (Lipinski definition) is 9. The van der Waals surface area contributed by atoms with Crippen molar-refractivity contribution in [1.29, 1.82) is 0 Å². The number of nitrogens with zero attached hydrogens (tertiary/aromatic N) is 1. The van der Waals surface area contributed by atoms with Crippen LogP contribution in [0, 0.1) is 5.92 Å². The molecule has 0 bridgehead atoms. The quantitative estimate of drug-likeness (QED) is 0.106. The first-order valence-electron chi connectivity index (χ1n) is 15.0. The van der Waals surface area contributed by atoms with Crippen molar-refractivity contribution in [2.45, 2.75) is 71.0 Å². The molecule has 0 saturated carbocycles. The predicted molar refractivity (Wildman–Crippen MR) is 171 cm³/mol. The highest BCUT2D eigenvalue weighted by Gasteiger charge is 2.39. The van der Waals surface area contributed by atoms with Gasteiger partial charge in [-0.1, -0.05) is 19.6 Å². The molecule has 2 atom stereocenters. The molecule has 10 nitrogen and oxygen atoms in total. The van der Waals surface area contributed by atoms with E-state index in [4.69, 9.17) is 33.2 Å². The average Bonchev–Trinajstić information content (AvgIpc) is 2.97. The van der Waals surface area contributed by atoms with Crippen molar-refractivity contribution in [3.63, 3.8) is 0 Å². The van der Waals surface area contributed by atoms with Crippen molar-refractivity contribution in [3.05, 3.63) is 47.5 Å².